The predicted octanol–water partition coefficient (Wildman–Crippen LogP) is 5.09. The Morgan fingerprint density at radius 1 is 0.852 bits per heavy atom. The quantitative estimate of drug-likeness (QED) is 0.511. The molecule has 0 bridgehead atoms. The summed E-state index contributed by atoms with van der Waals surface area (Å²) in [5, 5.41) is 15.0. The van der Waals surface area contributed by atoms with Gasteiger partial charge in [0.25, 0.3) is 0 Å². The molecule has 0 radical (unpaired) electrons. The molecule has 0 aromatic heterocycles. The van der Waals surface area contributed by atoms with Gasteiger partial charge in [0, 0.05) is 12.8 Å². The van der Waals surface area contributed by atoms with Crippen molar-refractivity contribution in [1.82, 2.24) is 0 Å². The first kappa shape index (κ1) is 22.3. The van der Waals surface area contributed by atoms with Crippen molar-refractivity contribution < 1.29 is 8.42 Å². The Labute approximate surface area is 179 Å². The molecule has 0 N–H and O–H groups in total. The summed E-state index contributed by atoms with van der Waals surface area (Å²) in [5.74, 6) is 0. The minimum absolute atomic E-state index is 0.160. The number of sulfone groups is 1. The Hall–Kier alpha value is -0.950. The molecule has 2 aliphatic rings. The largest absolute Gasteiger partial charge is 0.227 e. The normalized spacial score (nSPS) is 25.9. The Kier molecular flexibility index (Phi) is 7.11. The fourth-order valence-electron chi connectivity index (χ4n) is 3.05. The zero-order chi connectivity index (χ0) is 20.3. The van der Waals surface area contributed by atoms with Gasteiger partial charge < -0.3 is 0 Å². The molecule has 0 aromatic carbocycles. The minimum Gasteiger partial charge on any atom is -0.227 e. The highest BCUT2D eigenvalue weighted by atomic mass is 35.5. The van der Waals surface area contributed by atoms with Crippen LogP contribution in [-0.4, -0.2) is 27.6 Å². The Morgan fingerprint density at radius 3 is 1.56 bits per heavy atom. The van der Waals surface area contributed by atoms with Gasteiger partial charge in [-0.25, -0.2) is 8.42 Å². The minimum atomic E-state index is -4.07. The van der Waals surface area contributed by atoms with Crippen molar-refractivity contribution in [3.05, 3.63) is 47.6 Å². The summed E-state index contributed by atoms with van der Waals surface area (Å²) >= 11 is 25.8. The third kappa shape index (κ3) is 4.39. The van der Waals surface area contributed by atoms with Gasteiger partial charge in [0.15, 0.2) is 18.5 Å². The summed E-state index contributed by atoms with van der Waals surface area (Å²) < 4.78 is 23.3. The number of nitrogens with zero attached hydrogens (tertiary/aromatic N) is 2. The maximum atomic E-state index is 13.4. The van der Waals surface area contributed by atoms with Crippen molar-refractivity contribution in [1.29, 1.82) is 10.5 Å². The Morgan fingerprint density at radius 2 is 1.22 bits per heavy atom. The molecular weight excluding hydrogens is 450 g/mol. The summed E-state index contributed by atoms with van der Waals surface area (Å²) in [7, 11) is -4.07. The fourth-order valence-corrected chi connectivity index (χ4v) is 7.52. The summed E-state index contributed by atoms with van der Waals surface area (Å²) in [5.41, 5.74) is 0.886. The van der Waals surface area contributed by atoms with Gasteiger partial charge in [0.1, 0.15) is 10.5 Å². The second kappa shape index (κ2) is 8.60. The SMILES string of the molecule is N#CCCC1=CC=CC(S(=O)(=O)C2C=CC=C(CCC#N)C2(Cl)Cl)C1(Cl)Cl. The first-order valence-corrected chi connectivity index (χ1v) is 11.2. The van der Waals surface area contributed by atoms with Crippen LogP contribution in [0, 0.1) is 22.7 Å². The molecule has 0 saturated heterocycles. The standard InChI is InChI=1S/C18H16Cl4N2O2S/c19-17(20)13(7-3-11-23)5-1-9-15(17)27(25,26)16-10-2-6-14(8-4-12-24)18(16,21)22/h1-2,5-6,9-10,15-16H,3-4,7-8H2. The van der Waals surface area contributed by atoms with E-state index in [1.54, 1.807) is 24.3 Å². The second-order valence-corrected chi connectivity index (χ2v) is 11.1. The van der Waals surface area contributed by atoms with Crippen LogP contribution in [0.1, 0.15) is 25.7 Å². The molecule has 9 heteroatoms. The lowest BCUT2D eigenvalue weighted by Gasteiger charge is -2.38. The zero-order valence-electron chi connectivity index (χ0n) is 14.1. The van der Waals surface area contributed by atoms with E-state index in [0.717, 1.165) is 0 Å². The summed E-state index contributed by atoms with van der Waals surface area (Å²) in [6, 6.07) is 3.98. The van der Waals surface area contributed by atoms with Crippen molar-refractivity contribution in [2.45, 2.75) is 44.8 Å². The average Bonchev–Trinajstić information content (AvgIpc) is 2.58. The lowest BCUT2D eigenvalue weighted by Crippen LogP contribution is -2.49. The van der Waals surface area contributed by atoms with Crippen molar-refractivity contribution in [3.8, 4) is 12.1 Å². The summed E-state index contributed by atoms with van der Waals surface area (Å²) in [6.45, 7) is 0. The number of hydrogen-bond donors (Lipinski definition) is 0. The predicted molar refractivity (Wildman–Crippen MR) is 110 cm³/mol. The number of allylic oxidation sites excluding steroid dienone is 6. The van der Waals surface area contributed by atoms with Crippen molar-refractivity contribution in [2.75, 3.05) is 0 Å². The van der Waals surface area contributed by atoms with E-state index in [1.807, 2.05) is 12.1 Å². The Bertz CT molecular complexity index is 835. The van der Waals surface area contributed by atoms with Crippen LogP contribution in [0.5, 0.6) is 0 Å². The molecule has 144 valence electrons. The van der Waals surface area contributed by atoms with Gasteiger partial charge >= 0.3 is 0 Å². The van der Waals surface area contributed by atoms with Gasteiger partial charge in [-0.05, 0) is 24.0 Å². The van der Waals surface area contributed by atoms with E-state index in [9.17, 15) is 8.42 Å². The highest BCUT2D eigenvalue weighted by Crippen LogP contribution is 2.48. The van der Waals surface area contributed by atoms with Crippen LogP contribution >= 0.6 is 46.4 Å². The van der Waals surface area contributed by atoms with Crippen LogP contribution in [-0.2, 0) is 9.84 Å². The second-order valence-electron chi connectivity index (χ2n) is 6.15. The molecule has 4 nitrogen and oxygen atoms in total. The molecule has 27 heavy (non-hydrogen) atoms. The van der Waals surface area contributed by atoms with E-state index >= 15 is 0 Å². The van der Waals surface area contributed by atoms with Crippen molar-refractivity contribution in [2.24, 2.45) is 0 Å². The van der Waals surface area contributed by atoms with E-state index in [0.29, 0.717) is 11.1 Å². The molecule has 0 spiro atoms. The van der Waals surface area contributed by atoms with Crippen LogP contribution < -0.4 is 0 Å². The molecule has 0 heterocycles. The molecule has 0 amide bonds. The monoisotopic (exact) mass is 464 g/mol. The van der Waals surface area contributed by atoms with Gasteiger partial charge in [-0.15, -0.1) is 0 Å². The molecule has 2 unspecified atom stereocenters. The van der Waals surface area contributed by atoms with Gasteiger partial charge in [0.05, 0.1) is 12.1 Å². The van der Waals surface area contributed by atoms with Gasteiger partial charge in [-0.3, -0.25) is 0 Å². The maximum Gasteiger partial charge on any atom is 0.169 e. The van der Waals surface area contributed by atoms with Crippen molar-refractivity contribution >= 4 is 56.2 Å². The average molecular weight is 466 g/mol. The molecule has 2 rings (SSSR count). The zero-order valence-corrected chi connectivity index (χ0v) is 17.9. The number of hydrogen-bond acceptors (Lipinski definition) is 4. The summed E-state index contributed by atoms with van der Waals surface area (Å²) in [6.07, 6.45) is 9.97. The molecule has 2 aliphatic carbocycles. The molecule has 0 aromatic rings. The van der Waals surface area contributed by atoms with E-state index < -0.39 is 29.0 Å². The summed E-state index contributed by atoms with van der Waals surface area (Å²) in [4.78, 5) is 0. The molecule has 0 saturated carbocycles. The van der Waals surface area contributed by atoms with Crippen molar-refractivity contribution in [3.63, 3.8) is 0 Å². The van der Waals surface area contributed by atoms with E-state index in [1.165, 1.54) is 12.2 Å². The van der Waals surface area contributed by atoms with Crippen LogP contribution in [0.3, 0.4) is 0 Å². The molecule has 0 fully saturated rings. The lowest BCUT2D eigenvalue weighted by molar-refractivity contribution is 0.570. The van der Waals surface area contributed by atoms with Crippen LogP contribution in [0.25, 0.3) is 0 Å². The fraction of sp³-hybridized carbons (Fsp3) is 0.444. The molecule has 2 atom stereocenters. The number of nitriles is 2. The molecular formula is C18H16Cl4N2O2S. The third-order valence-electron chi connectivity index (χ3n) is 4.46. The number of halogens is 4. The van der Waals surface area contributed by atoms with Crippen LogP contribution in [0.4, 0.5) is 0 Å². The third-order valence-corrected chi connectivity index (χ3v) is 9.32. The number of rotatable bonds is 6. The van der Waals surface area contributed by atoms with Gasteiger partial charge in [-0.2, -0.15) is 10.5 Å². The van der Waals surface area contributed by atoms with Crippen LogP contribution in [0.15, 0.2) is 47.6 Å². The van der Waals surface area contributed by atoms with Crippen LogP contribution in [0.2, 0.25) is 0 Å². The highest BCUT2D eigenvalue weighted by Gasteiger charge is 2.54. The first-order chi connectivity index (χ1) is 12.6. The van der Waals surface area contributed by atoms with E-state index in [2.05, 4.69) is 0 Å². The molecule has 0 aliphatic heterocycles. The maximum absolute atomic E-state index is 13.4. The van der Waals surface area contributed by atoms with E-state index in [4.69, 9.17) is 56.9 Å². The van der Waals surface area contributed by atoms with E-state index in [-0.39, 0.29) is 25.7 Å². The topological polar surface area (TPSA) is 81.7 Å². The van der Waals surface area contributed by atoms with Gasteiger partial charge in [0.2, 0.25) is 0 Å². The first-order valence-electron chi connectivity index (χ1n) is 8.08. The number of alkyl halides is 4. The van der Waals surface area contributed by atoms with Gasteiger partial charge in [-0.1, -0.05) is 82.9 Å². The smallest absolute Gasteiger partial charge is 0.169 e. The Balaban J connectivity index is 2.39. The lowest BCUT2D eigenvalue weighted by atomic mass is 9.98. The highest BCUT2D eigenvalue weighted by molar-refractivity contribution is 7.93.